The van der Waals surface area contributed by atoms with Crippen LogP contribution in [0.4, 0.5) is 0 Å². The van der Waals surface area contributed by atoms with E-state index in [2.05, 4.69) is 24.0 Å². The van der Waals surface area contributed by atoms with Crippen LogP contribution in [0.15, 0.2) is 16.7 Å². The minimum Gasteiger partial charge on any atom is -0.493 e. The van der Waals surface area contributed by atoms with E-state index >= 15 is 0 Å². The summed E-state index contributed by atoms with van der Waals surface area (Å²) in [5.41, 5.74) is 0.236. The molecule has 0 saturated carbocycles. The van der Waals surface area contributed by atoms with Crippen molar-refractivity contribution in [3.8, 4) is 11.5 Å². The summed E-state index contributed by atoms with van der Waals surface area (Å²) >= 11 is 6.07. The third kappa shape index (κ3) is 4.38. The fraction of sp³-hybridized carbons (Fsp3) is 0.438. The van der Waals surface area contributed by atoms with E-state index < -0.39 is 5.97 Å². The molecule has 8 heteroatoms. The number of ether oxygens (including phenoxy) is 3. The molecule has 0 atom stereocenters. The van der Waals surface area contributed by atoms with Gasteiger partial charge in [0.1, 0.15) is 0 Å². The van der Waals surface area contributed by atoms with E-state index in [9.17, 15) is 4.79 Å². The van der Waals surface area contributed by atoms with Gasteiger partial charge >= 0.3 is 5.97 Å². The van der Waals surface area contributed by atoms with Gasteiger partial charge in [0.2, 0.25) is 0 Å². The predicted octanol–water partition coefficient (Wildman–Crippen LogP) is 3.30. The summed E-state index contributed by atoms with van der Waals surface area (Å²) in [6.07, 6.45) is 0.697. The van der Waals surface area contributed by atoms with Gasteiger partial charge in [-0.15, -0.1) is 0 Å². The van der Waals surface area contributed by atoms with Gasteiger partial charge < -0.3 is 18.7 Å². The number of hydrogen-bond acceptors (Lipinski definition) is 7. The Bertz CT molecular complexity index is 714. The minimum absolute atomic E-state index is 0.115. The molecule has 24 heavy (non-hydrogen) atoms. The number of hydrogen-bond donors (Lipinski definition) is 0. The molecule has 0 aliphatic carbocycles. The van der Waals surface area contributed by atoms with Crippen LogP contribution < -0.4 is 9.47 Å². The number of esters is 1. The fourth-order valence-corrected chi connectivity index (χ4v) is 2.33. The number of carbonyl (C=O) groups excluding carboxylic acids is 1. The van der Waals surface area contributed by atoms with Gasteiger partial charge in [-0.1, -0.05) is 30.6 Å². The summed E-state index contributed by atoms with van der Waals surface area (Å²) in [5.74, 6) is 1.35. The van der Waals surface area contributed by atoms with Gasteiger partial charge in [-0.05, 0) is 18.1 Å². The van der Waals surface area contributed by atoms with Gasteiger partial charge in [0, 0.05) is 6.42 Å². The number of carbonyl (C=O) groups is 1. The Morgan fingerprint density at radius 3 is 2.67 bits per heavy atom. The monoisotopic (exact) mass is 354 g/mol. The van der Waals surface area contributed by atoms with Crippen molar-refractivity contribution in [3.05, 3.63) is 34.4 Å². The van der Waals surface area contributed by atoms with Crippen molar-refractivity contribution in [2.45, 2.75) is 26.9 Å². The van der Waals surface area contributed by atoms with Gasteiger partial charge in [-0.3, -0.25) is 0 Å². The molecule has 0 N–H and O–H groups in total. The van der Waals surface area contributed by atoms with Crippen molar-refractivity contribution in [2.75, 3.05) is 14.2 Å². The van der Waals surface area contributed by atoms with E-state index in [1.807, 2.05) is 0 Å². The molecule has 7 nitrogen and oxygen atoms in total. The Kier molecular flexibility index (Phi) is 6.03. The van der Waals surface area contributed by atoms with Crippen LogP contribution in [0.3, 0.4) is 0 Å². The molecule has 2 rings (SSSR count). The molecule has 0 bridgehead atoms. The molecule has 1 aromatic carbocycles. The number of rotatable bonds is 7. The van der Waals surface area contributed by atoms with Crippen LogP contribution in [0.25, 0.3) is 0 Å². The maximum absolute atomic E-state index is 12.2. The average molecular weight is 355 g/mol. The minimum atomic E-state index is -0.582. The van der Waals surface area contributed by atoms with Crippen molar-refractivity contribution in [1.29, 1.82) is 0 Å². The van der Waals surface area contributed by atoms with Gasteiger partial charge in [0.25, 0.3) is 5.89 Å². The average Bonchev–Trinajstić information content (AvgIpc) is 2.98. The van der Waals surface area contributed by atoms with Crippen molar-refractivity contribution < 1.29 is 23.5 Å². The largest absolute Gasteiger partial charge is 0.493 e. The van der Waals surface area contributed by atoms with Crippen LogP contribution in [0.1, 0.15) is 35.9 Å². The molecule has 0 saturated heterocycles. The second-order valence-corrected chi connectivity index (χ2v) is 5.88. The van der Waals surface area contributed by atoms with Crippen LogP contribution in [-0.4, -0.2) is 30.3 Å². The van der Waals surface area contributed by atoms with E-state index in [-0.39, 0.29) is 23.1 Å². The molecule has 0 unspecified atom stereocenters. The van der Waals surface area contributed by atoms with Crippen LogP contribution in [0.2, 0.25) is 5.02 Å². The zero-order chi connectivity index (χ0) is 17.7. The van der Waals surface area contributed by atoms with E-state index in [4.69, 9.17) is 30.3 Å². The molecular formula is C16H19ClN2O5. The van der Waals surface area contributed by atoms with Crippen molar-refractivity contribution in [2.24, 2.45) is 5.92 Å². The first kappa shape index (κ1) is 18.1. The van der Waals surface area contributed by atoms with E-state index in [0.29, 0.717) is 29.7 Å². The Labute approximate surface area is 144 Å². The summed E-state index contributed by atoms with van der Waals surface area (Å²) in [5, 5.41) is 4.09. The molecule has 0 aliphatic rings. The summed E-state index contributed by atoms with van der Waals surface area (Å²) < 4.78 is 20.5. The van der Waals surface area contributed by atoms with Gasteiger partial charge in [0.05, 0.1) is 24.8 Å². The van der Waals surface area contributed by atoms with Crippen LogP contribution >= 0.6 is 11.6 Å². The van der Waals surface area contributed by atoms with Crippen molar-refractivity contribution in [1.82, 2.24) is 10.1 Å². The highest BCUT2D eigenvalue weighted by atomic mass is 35.5. The Hall–Kier alpha value is -2.28. The molecular weight excluding hydrogens is 336 g/mol. The molecule has 0 amide bonds. The highest BCUT2D eigenvalue weighted by molar-refractivity contribution is 6.32. The number of benzene rings is 1. The third-order valence-corrected chi connectivity index (χ3v) is 3.38. The fourth-order valence-electron chi connectivity index (χ4n) is 2.04. The number of methoxy groups -OCH3 is 2. The summed E-state index contributed by atoms with van der Waals surface area (Å²) in [6, 6.07) is 2.94. The first-order valence-corrected chi connectivity index (χ1v) is 7.72. The molecule has 2 aromatic rings. The number of nitrogens with zero attached hydrogens (tertiary/aromatic N) is 2. The van der Waals surface area contributed by atoms with E-state index in [1.165, 1.54) is 26.4 Å². The van der Waals surface area contributed by atoms with Gasteiger partial charge in [-0.25, -0.2) is 4.79 Å². The highest BCUT2D eigenvalue weighted by Crippen LogP contribution is 2.36. The van der Waals surface area contributed by atoms with Crippen LogP contribution in [0, 0.1) is 5.92 Å². The van der Waals surface area contributed by atoms with Crippen LogP contribution in [0.5, 0.6) is 11.5 Å². The highest BCUT2D eigenvalue weighted by Gasteiger charge is 2.17. The van der Waals surface area contributed by atoms with Gasteiger partial charge in [-0.2, -0.15) is 4.98 Å². The smallest absolute Gasteiger partial charge is 0.338 e. The molecule has 0 fully saturated rings. The summed E-state index contributed by atoms with van der Waals surface area (Å²) in [7, 11) is 2.92. The van der Waals surface area contributed by atoms with Crippen molar-refractivity contribution >= 4 is 17.6 Å². The van der Waals surface area contributed by atoms with E-state index in [1.54, 1.807) is 0 Å². The lowest BCUT2D eigenvalue weighted by molar-refractivity contribution is 0.0429. The lowest BCUT2D eigenvalue weighted by Crippen LogP contribution is -2.06. The second kappa shape index (κ2) is 8.01. The molecule has 0 radical (unpaired) electrons. The third-order valence-electron chi connectivity index (χ3n) is 3.10. The maximum Gasteiger partial charge on any atom is 0.338 e. The van der Waals surface area contributed by atoms with Crippen molar-refractivity contribution in [3.63, 3.8) is 0 Å². The SMILES string of the molecule is COc1cc(C(=O)OCc2nc(CC(C)C)no2)cc(Cl)c1OC. The molecule has 0 aliphatic heterocycles. The lowest BCUT2D eigenvalue weighted by atomic mass is 10.1. The lowest BCUT2D eigenvalue weighted by Gasteiger charge is -2.11. The van der Waals surface area contributed by atoms with Gasteiger partial charge in [0.15, 0.2) is 23.9 Å². The number of aromatic nitrogens is 2. The van der Waals surface area contributed by atoms with Crippen LogP contribution in [-0.2, 0) is 17.8 Å². The molecule has 130 valence electrons. The quantitative estimate of drug-likeness (QED) is 0.705. The zero-order valence-electron chi connectivity index (χ0n) is 14.0. The second-order valence-electron chi connectivity index (χ2n) is 5.47. The Morgan fingerprint density at radius 2 is 2.04 bits per heavy atom. The maximum atomic E-state index is 12.2. The zero-order valence-corrected chi connectivity index (χ0v) is 14.7. The number of halogens is 1. The molecule has 1 heterocycles. The summed E-state index contributed by atoms with van der Waals surface area (Å²) in [4.78, 5) is 16.3. The first-order valence-electron chi connectivity index (χ1n) is 7.34. The normalized spacial score (nSPS) is 10.8. The first-order chi connectivity index (χ1) is 11.4. The topological polar surface area (TPSA) is 83.7 Å². The van der Waals surface area contributed by atoms with E-state index in [0.717, 1.165) is 0 Å². The summed E-state index contributed by atoms with van der Waals surface area (Å²) in [6.45, 7) is 3.99. The standard InChI is InChI=1S/C16H19ClN2O5/c1-9(2)5-13-18-14(24-19-13)8-23-16(20)10-6-11(17)15(22-4)12(7-10)21-3/h6-7,9H,5,8H2,1-4H3. The molecule has 0 spiro atoms. The molecule has 1 aromatic heterocycles. The Balaban J connectivity index is 2.05. The predicted molar refractivity (Wildman–Crippen MR) is 86.5 cm³/mol. The Morgan fingerprint density at radius 1 is 1.29 bits per heavy atom.